The van der Waals surface area contributed by atoms with Crippen LogP contribution in [0.4, 0.5) is 8.78 Å². The molecule has 106 valence electrons. The lowest BCUT2D eigenvalue weighted by Gasteiger charge is -2.07. The topological polar surface area (TPSA) is 55.0 Å². The Balaban J connectivity index is 2.44. The van der Waals surface area contributed by atoms with Gasteiger partial charge in [-0.05, 0) is 22.6 Å². The second-order valence-electron chi connectivity index (χ2n) is 4.03. The van der Waals surface area contributed by atoms with Crippen molar-refractivity contribution in [3.63, 3.8) is 0 Å². The summed E-state index contributed by atoms with van der Waals surface area (Å²) in [5, 5.41) is 0. The zero-order valence-corrected chi connectivity index (χ0v) is 12.6. The van der Waals surface area contributed by atoms with Gasteiger partial charge in [0.1, 0.15) is 9.39 Å². The van der Waals surface area contributed by atoms with E-state index in [9.17, 15) is 13.6 Å². The Morgan fingerprint density at radius 3 is 2.55 bits per heavy atom. The molecular formula is C13H11F2IN2O2. The molecule has 7 heteroatoms. The van der Waals surface area contributed by atoms with Gasteiger partial charge in [0.25, 0.3) is 12.0 Å². The fraction of sp³-hybridized carbons (Fsp3) is 0.231. The molecule has 20 heavy (non-hydrogen) atoms. The monoisotopic (exact) mass is 392 g/mol. The number of benzene rings is 1. The summed E-state index contributed by atoms with van der Waals surface area (Å²) in [6.07, 6.45) is -2.52. The SMILES string of the molecule is COCc1nc(-c2ccc(C(F)F)cc2)[nH]c(=O)c1I. The molecule has 0 spiro atoms. The summed E-state index contributed by atoms with van der Waals surface area (Å²) < 4.78 is 30.4. The van der Waals surface area contributed by atoms with Crippen LogP contribution < -0.4 is 5.56 Å². The minimum absolute atomic E-state index is 0.0706. The third kappa shape index (κ3) is 3.21. The van der Waals surface area contributed by atoms with Crippen molar-refractivity contribution >= 4 is 22.6 Å². The van der Waals surface area contributed by atoms with E-state index in [0.29, 0.717) is 20.7 Å². The minimum atomic E-state index is -2.52. The number of nitrogens with zero attached hydrogens (tertiary/aromatic N) is 1. The Labute approximate surface area is 127 Å². The minimum Gasteiger partial charge on any atom is -0.378 e. The molecule has 2 rings (SSSR count). The van der Waals surface area contributed by atoms with Gasteiger partial charge in [0.15, 0.2) is 0 Å². The molecule has 0 radical (unpaired) electrons. The summed E-state index contributed by atoms with van der Waals surface area (Å²) in [6.45, 7) is 0.213. The maximum atomic E-state index is 12.5. The lowest BCUT2D eigenvalue weighted by molar-refractivity contribution is 0.151. The Bertz CT molecular complexity index is 656. The third-order valence-electron chi connectivity index (χ3n) is 2.65. The molecule has 0 unspecified atom stereocenters. The highest BCUT2D eigenvalue weighted by Gasteiger charge is 2.11. The van der Waals surface area contributed by atoms with Crippen molar-refractivity contribution in [1.82, 2.24) is 9.97 Å². The highest BCUT2D eigenvalue weighted by Crippen LogP contribution is 2.22. The summed E-state index contributed by atoms with van der Waals surface area (Å²) in [6, 6.07) is 5.63. The fourth-order valence-corrected chi connectivity index (χ4v) is 2.07. The first kappa shape index (κ1) is 15.0. The molecular weight excluding hydrogens is 381 g/mol. The predicted molar refractivity (Wildman–Crippen MR) is 78.7 cm³/mol. The average Bonchev–Trinajstić information content (AvgIpc) is 2.44. The van der Waals surface area contributed by atoms with Gasteiger partial charge in [-0.1, -0.05) is 24.3 Å². The van der Waals surface area contributed by atoms with E-state index >= 15 is 0 Å². The van der Waals surface area contributed by atoms with Crippen molar-refractivity contribution in [3.8, 4) is 11.4 Å². The van der Waals surface area contributed by atoms with Gasteiger partial charge in [0.2, 0.25) is 0 Å². The molecule has 0 aliphatic rings. The van der Waals surface area contributed by atoms with Gasteiger partial charge >= 0.3 is 0 Å². The smallest absolute Gasteiger partial charge is 0.264 e. The molecule has 2 aromatic rings. The van der Waals surface area contributed by atoms with Crippen LogP contribution in [-0.2, 0) is 11.3 Å². The predicted octanol–water partition coefficient (Wildman–Crippen LogP) is 3.13. The van der Waals surface area contributed by atoms with Crippen LogP contribution in [0, 0.1) is 3.57 Å². The number of ether oxygens (including phenoxy) is 1. The molecule has 0 atom stereocenters. The average molecular weight is 392 g/mol. The van der Waals surface area contributed by atoms with Gasteiger partial charge in [0, 0.05) is 18.2 Å². The summed E-state index contributed by atoms with van der Waals surface area (Å²) in [5.41, 5.74) is 0.740. The summed E-state index contributed by atoms with van der Waals surface area (Å²) in [5.74, 6) is 0.336. The van der Waals surface area contributed by atoms with Crippen LogP contribution in [-0.4, -0.2) is 17.1 Å². The summed E-state index contributed by atoms with van der Waals surface area (Å²) in [4.78, 5) is 18.7. The molecule has 0 bridgehead atoms. The van der Waals surface area contributed by atoms with Crippen LogP contribution in [0.25, 0.3) is 11.4 Å². The molecule has 0 aliphatic heterocycles. The Hall–Kier alpha value is -1.35. The second kappa shape index (κ2) is 6.40. The maximum absolute atomic E-state index is 12.5. The van der Waals surface area contributed by atoms with Gasteiger partial charge in [-0.25, -0.2) is 13.8 Å². The van der Waals surface area contributed by atoms with E-state index in [1.807, 2.05) is 22.6 Å². The fourth-order valence-electron chi connectivity index (χ4n) is 1.66. The molecule has 0 saturated carbocycles. The molecule has 0 saturated heterocycles. The third-order valence-corrected chi connectivity index (χ3v) is 3.76. The number of nitrogens with one attached hydrogen (secondary N) is 1. The van der Waals surface area contributed by atoms with Crippen molar-refractivity contribution in [1.29, 1.82) is 0 Å². The van der Waals surface area contributed by atoms with E-state index in [-0.39, 0.29) is 17.7 Å². The van der Waals surface area contributed by atoms with E-state index in [2.05, 4.69) is 9.97 Å². The quantitative estimate of drug-likeness (QED) is 0.814. The van der Waals surface area contributed by atoms with Crippen molar-refractivity contribution in [2.45, 2.75) is 13.0 Å². The summed E-state index contributed by atoms with van der Waals surface area (Å²) >= 11 is 1.89. The molecule has 1 aromatic heterocycles. The van der Waals surface area contributed by atoms with Crippen molar-refractivity contribution in [2.24, 2.45) is 0 Å². The van der Waals surface area contributed by atoms with Crippen LogP contribution >= 0.6 is 22.6 Å². The molecule has 0 aliphatic carbocycles. The van der Waals surface area contributed by atoms with Crippen LogP contribution in [0.3, 0.4) is 0 Å². The number of aromatic amines is 1. The van der Waals surface area contributed by atoms with Crippen molar-refractivity contribution in [3.05, 3.63) is 49.4 Å². The van der Waals surface area contributed by atoms with E-state index in [1.165, 1.54) is 31.4 Å². The van der Waals surface area contributed by atoms with E-state index in [0.717, 1.165) is 0 Å². The molecule has 1 heterocycles. The number of rotatable bonds is 4. The standard InChI is InChI=1S/C13H11F2IN2O2/c1-20-6-9-10(16)13(19)18-12(17-9)8-4-2-7(3-5-8)11(14)15/h2-5,11H,6H2,1H3,(H,17,18,19). The maximum Gasteiger partial charge on any atom is 0.264 e. The largest absolute Gasteiger partial charge is 0.378 e. The highest BCUT2D eigenvalue weighted by molar-refractivity contribution is 14.1. The number of H-pyrrole nitrogens is 1. The number of alkyl halides is 2. The Morgan fingerprint density at radius 1 is 1.35 bits per heavy atom. The molecule has 4 nitrogen and oxygen atoms in total. The van der Waals surface area contributed by atoms with E-state index in [1.54, 1.807) is 0 Å². The number of methoxy groups -OCH3 is 1. The highest BCUT2D eigenvalue weighted by atomic mass is 127. The summed E-state index contributed by atoms with van der Waals surface area (Å²) in [7, 11) is 1.51. The zero-order valence-electron chi connectivity index (χ0n) is 10.5. The Kier molecular flexibility index (Phi) is 4.81. The van der Waals surface area contributed by atoms with Gasteiger partial charge in [0.05, 0.1) is 12.3 Å². The van der Waals surface area contributed by atoms with Crippen LogP contribution in [0.5, 0.6) is 0 Å². The zero-order chi connectivity index (χ0) is 14.7. The van der Waals surface area contributed by atoms with Crippen LogP contribution in [0.15, 0.2) is 29.1 Å². The number of hydrogen-bond donors (Lipinski definition) is 1. The van der Waals surface area contributed by atoms with Crippen LogP contribution in [0.1, 0.15) is 17.7 Å². The first-order chi connectivity index (χ1) is 9.52. The molecule has 0 amide bonds. The first-order valence-corrected chi connectivity index (χ1v) is 6.77. The van der Waals surface area contributed by atoms with Gasteiger partial charge < -0.3 is 9.72 Å². The molecule has 1 N–H and O–H groups in total. The molecule has 1 aromatic carbocycles. The van der Waals surface area contributed by atoms with E-state index < -0.39 is 6.43 Å². The number of halogens is 3. The van der Waals surface area contributed by atoms with Gasteiger partial charge in [-0.2, -0.15) is 0 Å². The number of aromatic nitrogens is 2. The second-order valence-corrected chi connectivity index (χ2v) is 5.11. The lowest BCUT2D eigenvalue weighted by Crippen LogP contribution is -2.16. The lowest BCUT2D eigenvalue weighted by atomic mass is 10.1. The van der Waals surface area contributed by atoms with Crippen molar-refractivity contribution < 1.29 is 13.5 Å². The van der Waals surface area contributed by atoms with Gasteiger partial charge in [-0.3, -0.25) is 4.79 Å². The van der Waals surface area contributed by atoms with Crippen molar-refractivity contribution in [2.75, 3.05) is 7.11 Å². The Morgan fingerprint density at radius 2 is 2.00 bits per heavy atom. The number of hydrogen-bond acceptors (Lipinski definition) is 3. The normalized spacial score (nSPS) is 11.1. The first-order valence-electron chi connectivity index (χ1n) is 5.69. The molecule has 0 fully saturated rings. The van der Waals surface area contributed by atoms with Crippen LogP contribution in [0.2, 0.25) is 0 Å². The van der Waals surface area contributed by atoms with Gasteiger partial charge in [-0.15, -0.1) is 0 Å². The van der Waals surface area contributed by atoms with E-state index in [4.69, 9.17) is 4.74 Å².